The summed E-state index contributed by atoms with van der Waals surface area (Å²) in [7, 11) is 1.71. The summed E-state index contributed by atoms with van der Waals surface area (Å²) in [5, 5.41) is 3.71. The van der Waals surface area contributed by atoms with Gasteiger partial charge in [0.1, 0.15) is 5.75 Å². The first-order chi connectivity index (χ1) is 10.2. The van der Waals surface area contributed by atoms with Gasteiger partial charge in [0.15, 0.2) is 0 Å². The van der Waals surface area contributed by atoms with Crippen molar-refractivity contribution in [2.75, 3.05) is 13.7 Å². The van der Waals surface area contributed by atoms with Crippen molar-refractivity contribution >= 4 is 0 Å². The maximum absolute atomic E-state index is 5.19. The highest BCUT2D eigenvalue weighted by Gasteiger charge is 2.08. The third kappa shape index (κ3) is 7.52. The largest absolute Gasteiger partial charge is 0.497 e. The number of benzene rings is 1. The van der Waals surface area contributed by atoms with Gasteiger partial charge in [0, 0.05) is 6.04 Å². The van der Waals surface area contributed by atoms with E-state index >= 15 is 0 Å². The van der Waals surface area contributed by atoms with E-state index < -0.39 is 0 Å². The smallest absolute Gasteiger partial charge is 0.118 e. The summed E-state index contributed by atoms with van der Waals surface area (Å²) in [6.07, 6.45) is 7.65. The molecule has 0 saturated carbocycles. The van der Waals surface area contributed by atoms with Gasteiger partial charge in [0.25, 0.3) is 0 Å². The van der Waals surface area contributed by atoms with Gasteiger partial charge in [0.2, 0.25) is 0 Å². The molecule has 0 aliphatic rings. The zero-order valence-corrected chi connectivity index (χ0v) is 14.3. The molecule has 1 N–H and O–H groups in total. The Morgan fingerprint density at radius 3 is 2.38 bits per heavy atom. The molecule has 0 amide bonds. The van der Waals surface area contributed by atoms with Crippen LogP contribution in [0, 0.1) is 5.92 Å². The summed E-state index contributed by atoms with van der Waals surface area (Å²) in [4.78, 5) is 0. The van der Waals surface area contributed by atoms with Gasteiger partial charge in [-0.15, -0.1) is 0 Å². The predicted octanol–water partition coefficient (Wildman–Crippen LogP) is 4.82. The third-order valence-electron chi connectivity index (χ3n) is 4.32. The molecule has 0 aliphatic carbocycles. The molecule has 0 fully saturated rings. The average Bonchev–Trinajstić information content (AvgIpc) is 2.53. The molecule has 21 heavy (non-hydrogen) atoms. The molecule has 2 unspecified atom stereocenters. The number of unbranched alkanes of at least 4 members (excludes halogenated alkanes) is 1. The molecular formula is C19H33NO. The first-order valence-electron chi connectivity index (χ1n) is 8.55. The monoisotopic (exact) mass is 291 g/mol. The lowest BCUT2D eigenvalue weighted by molar-refractivity contribution is 0.387. The minimum absolute atomic E-state index is 0.586. The van der Waals surface area contributed by atoms with Gasteiger partial charge in [-0.3, -0.25) is 0 Å². The number of aryl methyl sites for hydroxylation is 1. The fourth-order valence-electron chi connectivity index (χ4n) is 2.59. The summed E-state index contributed by atoms with van der Waals surface area (Å²) in [6, 6.07) is 9.02. The van der Waals surface area contributed by atoms with Crippen LogP contribution in [-0.2, 0) is 6.42 Å². The Kier molecular flexibility index (Phi) is 9.16. The van der Waals surface area contributed by atoms with Crippen molar-refractivity contribution in [3.05, 3.63) is 29.8 Å². The van der Waals surface area contributed by atoms with Crippen LogP contribution in [0.2, 0.25) is 0 Å². The van der Waals surface area contributed by atoms with Crippen molar-refractivity contribution in [2.45, 2.75) is 65.3 Å². The Labute approximate surface area is 131 Å². The Balaban J connectivity index is 2.24. The highest BCUT2D eigenvalue weighted by molar-refractivity contribution is 5.27. The fraction of sp³-hybridized carbons (Fsp3) is 0.684. The molecule has 2 atom stereocenters. The van der Waals surface area contributed by atoms with Gasteiger partial charge in [-0.25, -0.2) is 0 Å². The van der Waals surface area contributed by atoms with Crippen LogP contribution >= 0.6 is 0 Å². The van der Waals surface area contributed by atoms with Gasteiger partial charge in [-0.1, -0.05) is 45.2 Å². The lowest BCUT2D eigenvalue weighted by Gasteiger charge is -2.19. The zero-order valence-electron chi connectivity index (χ0n) is 14.3. The Morgan fingerprint density at radius 1 is 1.10 bits per heavy atom. The molecule has 2 nitrogen and oxygen atoms in total. The molecule has 1 aromatic rings. The SMILES string of the molecule is CCCCC(CC)CNC(C)CCc1ccc(OC)cc1. The van der Waals surface area contributed by atoms with Crippen molar-refractivity contribution in [3.8, 4) is 5.75 Å². The predicted molar refractivity (Wildman–Crippen MR) is 92.1 cm³/mol. The molecule has 0 spiro atoms. The highest BCUT2D eigenvalue weighted by atomic mass is 16.5. The Morgan fingerprint density at radius 2 is 1.81 bits per heavy atom. The summed E-state index contributed by atoms with van der Waals surface area (Å²) in [5.41, 5.74) is 1.39. The first-order valence-corrected chi connectivity index (χ1v) is 8.55. The molecule has 0 saturated heterocycles. The van der Waals surface area contributed by atoms with Gasteiger partial charge in [-0.05, 0) is 56.3 Å². The fourth-order valence-corrected chi connectivity index (χ4v) is 2.59. The number of ether oxygens (including phenoxy) is 1. The number of hydrogen-bond acceptors (Lipinski definition) is 2. The minimum Gasteiger partial charge on any atom is -0.497 e. The van der Waals surface area contributed by atoms with Crippen molar-refractivity contribution in [1.82, 2.24) is 5.32 Å². The van der Waals surface area contributed by atoms with Gasteiger partial charge >= 0.3 is 0 Å². The second-order valence-corrected chi connectivity index (χ2v) is 6.11. The lowest BCUT2D eigenvalue weighted by atomic mass is 9.98. The summed E-state index contributed by atoms with van der Waals surface area (Å²) >= 11 is 0. The van der Waals surface area contributed by atoms with E-state index in [1.165, 1.54) is 44.2 Å². The van der Waals surface area contributed by atoms with Crippen LogP contribution in [0.3, 0.4) is 0 Å². The summed E-state index contributed by atoms with van der Waals surface area (Å²) < 4.78 is 5.19. The molecule has 1 aromatic carbocycles. The van der Waals surface area contributed by atoms with Crippen LogP contribution in [-0.4, -0.2) is 19.7 Å². The molecule has 0 bridgehead atoms. The van der Waals surface area contributed by atoms with Crippen LogP contribution < -0.4 is 10.1 Å². The van der Waals surface area contributed by atoms with Crippen molar-refractivity contribution in [2.24, 2.45) is 5.92 Å². The summed E-state index contributed by atoms with van der Waals surface area (Å²) in [5.74, 6) is 1.78. The van der Waals surface area contributed by atoms with Crippen LogP contribution in [0.25, 0.3) is 0 Å². The molecule has 0 heterocycles. The van der Waals surface area contributed by atoms with E-state index in [2.05, 4.69) is 38.2 Å². The second kappa shape index (κ2) is 10.7. The van der Waals surface area contributed by atoms with E-state index in [0.29, 0.717) is 6.04 Å². The summed E-state index contributed by atoms with van der Waals surface area (Å²) in [6.45, 7) is 8.05. The number of rotatable bonds is 11. The van der Waals surface area contributed by atoms with E-state index in [9.17, 15) is 0 Å². The lowest BCUT2D eigenvalue weighted by Crippen LogP contribution is -2.31. The van der Waals surface area contributed by atoms with Crippen molar-refractivity contribution < 1.29 is 4.74 Å². The highest BCUT2D eigenvalue weighted by Crippen LogP contribution is 2.14. The number of hydrogen-bond donors (Lipinski definition) is 1. The van der Waals surface area contributed by atoms with Gasteiger partial charge in [-0.2, -0.15) is 0 Å². The van der Waals surface area contributed by atoms with E-state index in [-0.39, 0.29) is 0 Å². The average molecular weight is 291 g/mol. The molecule has 0 radical (unpaired) electrons. The Bertz CT molecular complexity index is 360. The van der Waals surface area contributed by atoms with Gasteiger partial charge in [0.05, 0.1) is 7.11 Å². The number of methoxy groups -OCH3 is 1. The van der Waals surface area contributed by atoms with Crippen LogP contribution in [0.4, 0.5) is 0 Å². The maximum Gasteiger partial charge on any atom is 0.118 e. The molecule has 1 rings (SSSR count). The molecule has 120 valence electrons. The quantitative estimate of drug-likeness (QED) is 0.631. The minimum atomic E-state index is 0.586. The zero-order chi connectivity index (χ0) is 15.5. The van der Waals surface area contributed by atoms with Crippen LogP contribution in [0.15, 0.2) is 24.3 Å². The standard InChI is InChI=1S/C19H33NO/c1-5-7-8-17(6-2)15-20-16(3)9-10-18-11-13-19(21-4)14-12-18/h11-14,16-17,20H,5-10,15H2,1-4H3. The normalized spacial score (nSPS) is 13.9. The third-order valence-corrected chi connectivity index (χ3v) is 4.32. The van der Waals surface area contributed by atoms with E-state index in [1.807, 2.05) is 12.1 Å². The molecule has 0 aromatic heterocycles. The van der Waals surface area contributed by atoms with Crippen LogP contribution in [0.5, 0.6) is 5.75 Å². The molecule has 0 aliphatic heterocycles. The maximum atomic E-state index is 5.19. The molecule has 2 heteroatoms. The van der Waals surface area contributed by atoms with E-state index in [4.69, 9.17) is 4.74 Å². The van der Waals surface area contributed by atoms with E-state index in [0.717, 1.165) is 18.1 Å². The van der Waals surface area contributed by atoms with Crippen molar-refractivity contribution in [1.29, 1.82) is 0 Å². The first kappa shape index (κ1) is 18.0. The second-order valence-electron chi connectivity index (χ2n) is 6.11. The molecular weight excluding hydrogens is 258 g/mol. The number of nitrogens with one attached hydrogen (secondary N) is 1. The van der Waals surface area contributed by atoms with Crippen molar-refractivity contribution in [3.63, 3.8) is 0 Å². The van der Waals surface area contributed by atoms with E-state index in [1.54, 1.807) is 7.11 Å². The Hall–Kier alpha value is -1.02. The van der Waals surface area contributed by atoms with Crippen LogP contribution in [0.1, 0.15) is 58.4 Å². The topological polar surface area (TPSA) is 21.3 Å². The van der Waals surface area contributed by atoms with Gasteiger partial charge < -0.3 is 10.1 Å².